The highest BCUT2D eigenvalue weighted by Crippen LogP contribution is 2.63. The molecule has 220 valence electrons. The summed E-state index contributed by atoms with van der Waals surface area (Å²) in [5.41, 5.74) is 6.20. The number of hydrogen-bond donors (Lipinski definition) is 1. The first-order chi connectivity index (χ1) is 21.3. The molecule has 0 saturated carbocycles. The van der Waals surface area contributed by atoms with Crippen LogP contribution in [0.2, 0.25) is 0 Å². The maximum atomic E-state index is 14.6. The smallest absolute Gasteiger partial charge is 0.315 e. The van der Waals surface area contributed by atoms with Crippen molar-refractivity contribution in [3.05, 3.63) is 136 Å². The molecule has 2 unspecified atom stereocenters. The molecule has 7 heteroatoms. The Hall–Kier alpha value is -4.46. The molecular formula is C37H29O6S-. The van der Waals surface area contributed by atoms with Crippen LogP contribution in [0, 0.1) is 5.92 Å². The van der Waals surface area contributed by atoms with Gasteiger partial charge in [0.2, 0.25) is 0 Å². The lowest BCUT2D eigenvalue weighted by Gasteiger charge is -2.50. The molecule has 1 N–H and O–H groups in total. The molecule has 2 atom stereocenters. The fraction of sp³-hybridized carbons (Fsp3) is 0.216. The summed E-state index contributed by atoms with van der Waals surface area (Å²) in [4.78, 5) is 14.4. The Kier molecular flexibility index (Phi) is 6.19. The van der Waals surface area contributed by atoms with Gasteiger partial charge in [-0.15, -0.1) is 0 Å². The minimum absolute atomic E-state index is 0.136. The first-order valence-corrected chi connectivity index (χ1v) is 16.4. The number of hydrogen-bond acceptors (Lipinski definition) is 6. The van der Waals surface area contributed by atoms with Crippen molar-refractivity contribution in [1.29, 1.82) is 0 Å². The first-order valence-electron chi connectivity index (χ1n) is 15.0. The molecule has 0 heterocycles. The SMILES string of the molecule is O=C(Oc1ccc(S(=O)(=O)[O-])c2c1CCCC2)C1C2c3ccccc3C(c3ccccc32)C1c1cc2ccccc2cc1O. The van der Waals surface area contributed by atoms with E-state index in [1.807, 2.05) is 54.6 Å². The fourth-order valence-corrected chi connectivity index (χ4v) is 8.92. The van der Waals surface area contributed by atoms with E-state index in [0.29, 0.717) is 35.3 Å². The second kappa shape index (κ2) is 10.0. The Morgan fingerprint density at radius 2 is 1.25 bits per heavy atom. The van der Waals surface area contributed by atoms with Crippen molar-refractivity contribution in [3.8, 4) is 11.5 Å². The number of aromatic hydroxyl groups is 1. The molecule has 4 aliphatic rings. The van der Waals surface area contributed by atoms with Gasteiger partial charge in [0.05, 0.1) is 10.8 Å². The molecule has 9 rings (SSSR count). The zero-order chi connectivity index (χ0) is 30.2. The standard InChI is InChI=1S/C37H30O6S/c38-30-20-22-10-2-1-9-21(22)19-29(30)35-33-25-13-5-7-15-27(25)34(28-16-8-6-14-26(28)33)36(35)37(39)43-31-17-18-32(44(40,41)42)24-12-4-3-11-23(24)31/h1-2,5-10,13-20,33-36,38H,3-4,11-12H2,(H,40,41,42)/p-1. The van der Waals surface area contributed by atoms with E-state index in [4.69, 9.17) is 4.74 Å². The molecule has 5 aromatic rings. The van der Waals surface area contributed by atoms with Gasteiger partial charge in [-0.05, 0) is 99.7 Å². The number of carbonyl (C=O) groups is 1. The van der Waals surface area contributed by atoms with Crippen molar-refractivity contribution in [2.45, 2.75) is 48.3 Å². The highest BCUT2D eigenvalue weighted by molar-refractivity contribution is 7.85. The van der Waals surface area contributed by atoms with Crippen LogP contribution in [-0.4, -0.2) is 24.0 Å². The second-order valence-corrected chi connectivity index (χ2v) is 13.5. The highest BCUT2D eigenvalue weighted by atomic mass is 32.2. The first kappa shape index (κ1) is 27.1. The molecule has 0 aliphatic heterocycles. The lowest BCUT2D eigenvalue weighted by molar-refractivity contribution is -0.141. The van der Waals surface area contributed by atoms with E-state index < -0.39 is 27.9 Å². The largest absolute Gasteiger partial charge is 0.744 e. The summed E-state index contributed by atoms with van der Waals surface area (Å²) >= 11 is 0. The predicted molar refractivity (Wildman–Crippen MR) is 165 cm³/mol. The molecule has 0 spiro atoms. The third-order valence-corrected chi connectivity index (χ3v) is 10.8. The van der Waals surface area contributed by atoms with E-state index >= 15 is 0 Å². The Balaban J connectivity index is 1.32. The number of phenolic OH excluding ortho intramolecular Hbond substituents is 1. The number of fused-ring (bicyclic) bond motifs is 3. The number of benzene rings is 5. The van der Waals surface area contributed by atoms with E-state index in [1.165, 1.54) is 12.1 Å². The summed E-state index contributed by atoms with van der Waals surface area (Å²) in [6, 6.07) is 30.8. The number of rotatable bonds is 4. The minimum Gasteiger partial charge on any atom is -0.744 e. The lowest BCUT2D eigenvalue weighted by atomic mass is 9.52. The number of phenols is 1. The molecule has 0 aromatic heterocycles. The summed E-state index contributed by atoms with van der Waals surface area (Å²) in [6.07, 6.45) is 2.54. The maximum Gasteiger partial charge on any atom is 0.315 e. The summed E-state index contributed by atoms with van der Waals surface area (Å²) in [7, 11) is -4.67. The van der Waals surface area contributed by atoms with Crippen LogP contribution in [0.15, 0.2) is 102 Å². The Bertz CT molecular complexity index is 2050. The van der Waals surface area contributed by atoms with E-state index in [0.717, 1.165) is 45.9 Å². The lowest BCUT2D eigenvalue weighted by Crippen LogP contribution is -2.44. The zero-order valence-corrected chi connectivity index (χ0v) is 24.6. The summed E-state index contributed by atoms with van der Waals surface area (Å²) in [5, 5.41) is 13.4. The van der Waals surface area contributed by atoms with E-state index in [2.05, 4.69) is 24.3 Å². The molecule has 6 nitrogen and oxygen atoms in total. The third kappa shape index (κ3) is 4.10. The van der Waals surface area contributed by atoms with Crippen LogP contribution in [0.5, 0.6) is 11.5 Å². The Morgan fingerprint density at radius 3 is 1.86 bits per heavy atom. The highest BCUT2D eigenvalue weighted by Gasteiger charge is 2.54. The third-order valence-electron chi connectivity index (χ3n) is 9.89. The van der Waals surface area contributed by atoms with Crippen LogP contribution in [-0.2, 0) is 27.8 Å². The van der Waals surface area contributed by atoms with Gasteiger partial charge < -0.3 is 14.4 Å². The number of carbonyl (C=O) groups excluding carboxylic acids is 1. The van der Waals surface area contributed by atoms with Crippen LogP contribution in [0.25, 0.3) is 10.8 Å². The van der Waals surface area contributed by atoms with Gasteiger partial charge in [-0.25, -0.2) is 8.42 Å². The molecule has 0 fully saturated rings. The number of esters is 1. The van der Waals surface area contributed by atoms with Crippen molar-refractivity contribution >= 4 is 26.9 Å². The van der Waals surface area contributed by atoms with Crippen molar-refractivity contribution in [2.24, 2.45) is 5.92 Å². The molecule has 44 heavy (non-hydrogen) atoms. The Morgan fingerprint density at radius 1 is 0.705 bits per heavy atom. The van der Waals surface area contributed by atoms with Crippen molar-refractivity contribution in [1.82, 2.24) is 0 Å². The van der Waals surface area contributed by atoms with Crippen LogP contribution in [0.4, 0.5) is 0 Å². The molecule has 0 saturated heterocycles. The molecule has 2 bridgehead atoms. The normalized spacial score (nSPS) is 21.8. The van der Waals surface area contributed by atoms with Crippen molar-refractivity contribution < 1.29 is 27.6 Å². The Labute approximate surface area is 255 Å². The van der Waals surface area contributed by atoms with E-state index in [-0.39, 0.29) is 22.5 Å². The van der Waals surface area contributed by atoms with E-state index in [9.17, 15) is 22.9 Å². The quantitative estimate of drug-likeness (QED) is 0.136. The monoisotopic (exact) mass is 601 g/mol. The van der Waals surface area contributed by atoms with Gasteiger partial charge in [-0.3, -0.25) is 4.79 Å². The summed E-state index contributed by atoms with van der Waals surface area (Å²) in [6.45, 7) is 0. The predicted octanol–water partition coefficient (Wildman–Crippen LogP) is 6.92. The fourth-order valence-electron chi connectivity index (χ4n) is 8.15. The topological polar surface area (TPSA) is 104 Å². The molecule has 4 aliphatic carbocycles. The van der Waals surface area contributed by atoms with Crippen LogP contribution in [0.3, 0.4) is 0 Å². The van der Waals surface area contributed by atoms with E-state index in [1.54, 1.807) is 6.07 Å². The molecular weight excluding hydrogens is 572 g/mol. The zero-order valence-electron chi connectivity index (χ0n) is 23.8. The van der Waals surface area contributed by atoms with Crippen LogP contribution >= 0.6 is 0 Å². The molecule has 0 amide bonds. The summed E-state index contributed by atoms with van der Waals surface area (Å²) in [5.74, 6) is -1.59. The van der Waals surface area contributed by atoms with Crippen LogP contribution in [0.1, 0.15) is 69.5 Å². The van der Waals surface area contributed by atoms with Crippen LogP contribution < -0.4 is 4.74 Å². The number of ether oxygens (including phenoxy) is 1. The average molecular weight is 602 g/mol. The van der Waals surface area contributed by atoms with Gasteiger partial charge in [0.25, 0.3) is 0 Å². The summed E-state index contributed by atoms with van der Waals surface area (Å²) < 4.78 is 42.4. The maximum absolute atomic E-state index is 14.6. The second-order valence-electron chi connectivity index (χ2n) is 12.1. The van der Waals surface area contributed by atoms with Gasteiger partial charge in [0.15, 0.2) is 0 Å². The van der Waals surface area contributed by atoms with Crippen molar-refractivity contribution in [3.63, 3.8) is 0 Å². The van der Waals surface area contributed by atoms with Gasteiger partial charge in [0, 0.05) is 17.8 Å². The minimum atomic E-state index is -4.67. The van der Waals surface area contributed by atoms with Gasteiger partial charge in [-0.2, -0.15) is 0 Å². The van der Waals surface area contributed by atoms with Gasteiger partial charge in [0.1, 0.15) is 21.6 Å². The average Bonchev–Trinajstić information content (AvgIpc) is 3.03. The van der Waals surface area contributed by atoms with Crippen molar-refractivity contribution in [2.75, 3.05) is 0 Å². The van der Waals surface area contributed by atoms with Gasteiger partial charge >= 0.3 is 5.97 Å². The molecule has 5 aromatic carbocycles. The molecule has 0 radical (unpaired) electrons. The van der Waals surface area contributed by atoms with Gasteiger partial charge in [-0.1, -0.05) is 72.8 Å².